The van der Waals surface area contributed by atoms with E-state index in [4.69, 9.17) is 0 Å². The van der Waals surface area contributed by atoms with E-state index >= 15 is 0 Å². The molecule has 1 saturated heterocycles. The maximum atomic E-state index is 12.3. The van der Waals surface area contributed by atoms with E-state index in [-0.39, 0.29) is 17.9 Å². The predicted octanol–water partition coefficient (Wildman–Crippen LogP) is 1.43. The van der Waals surface area contributed by atoms with Crippen LogP contribution < -0.4 is 5.32 Å². The lowest BCUT2D eigenvalue weighted by molar-refractivity contribution is -0.123. The highest BCUT2D eigenvalue weighted by Gasteiger charge is 2.34. The standard InChI is InChI=1S/C13H18N2O3S2/c16-13(10-3-4-10)14-11-5-7-15(8-6-11)20(17,18)12-2-1-9-19-12/h1-2,9-11H,3-8H2,(H,14,16). The number of carbonyl (C=O) groups excluding carboxylic acids is 1. The Hall–Kier alpha value is -0.920. The third-order valence-electron chi connectivity index (χ3n) is 3.84. The van der Waals surface area contributed by atoms with Crippen molar-refractivity contribution in [3.8, 4) is 0 Å². The fraction of sp³-hybridized carbons (Fsp3) is 0.615. The Labute approximate surface area is 123 Å². The summed E-state index contributed by atoms with van der Waals surface area (Å²) in [6, 6.07) is 3.51. The summed E-state index contributed by atoms with van der Waals surface area (Å²) >= 11 is 1.25. The molecule has 20 heavy (non-hydrogen) atoms. The van der Waals surface area contributed by atoms with Gasteiger partial charge in [-0.3, -0.25) is 4.79 Å². The number of hydrogen-bond donors (Lipinski definition) is 1. The van der Waals surface area contributed by atoms with Crippen LogP contribution in [-0.4, -0.2) is 37.8 Å². The average Bonchev–Trinajstić information content (AvgIpc) is 3.14. The highest BCUT2D eigenvalue weighted by atomic mass is 32.2. The molecule has 1 aromatic heterocycles. The topological polar surface area (TPSA) is 66.5 Å². The minimum atomic E-state index is -3.34. The van der Waals surface area contributed by atoms with Crippen molar-refractivity contribution in [2.45, 2.75) is 35.9 Å². The fourth-order valence-corrected chi connectivity index (χ4v) is 5.06. The number of hydrogen-bond acceptors (Lipinski definition) is 4. The smallest absolute Gasteiger partial charge is 0.252 e. The van der Waals surface area contributed by atoms with Crippen LogP contribution >= 0.6 is 11.3 Å². The molecule has 0 unspecified atom stereocenters. The number of rotatable bonds is 4. The summed E-state index contributed by atoms with van der Waals surface area (Å²) < 4.78 is 26.6. The third-order valence-corrected chi connectivity index (χ3v) is 7.11. The molecule has 5 nitrogen and oxygen atoms in total. The van der Waals surface area contributed by atoms with Gasteiger partial charge in [-0.2, -0.15) is 4.31 Å². The van der Waals surface area contributed by atoms with E-state index in [0.29, 0.717) is 30.1 Å². The lowest BCUT2D eigenvalue weighted by Gasteiger charge is -2.31. The molecule has 1 N–H and O–H groups in total. The molecule has 1 amide bonds. The molecule has 110 valence electrons. The molecule has 1 aliphatic heterocycles. The van der Waals surface area contributed by atoms with Crippen molar-refractivity contribution in [1.82, 2.24) is 9.62 Å². The van der Waals surface area contributed by atoms with Crippen LogP contribution in [0.3, 0.4) is 0 Å². The molecule has 2 heterocycles. The molecule has 2 fully saturated rings. The first-order valence-electron chi connectivity index (χ1n) is 6.91. The van der Waals surface area contributed by atoms with E-state index in [0.717, 1.165) is 12.8 Å². The van der Waals surface area contributed by atoms with E-state index in [9.17, 15) is 13.2 Å². The van der Waals surface area contributed by atoms with Gasteiger partial charge in [0.25, 0.3) is 10.0 Å². The van der Waals surface area contributed by atoms with Crippen molar-refractivity contribution in [2.24, 2.45) is 5.92 Å². The summed E-state index contributed by atoms with van der Waals surface area (Å²) in [4.78, 5) is 11.7. The zero-order chi connectivity index (χ0) is 14.2. The Bertz CT molecular complexity index is 571. The Morgan fingerprint density at radius 3 is 2.50 bits per heavy atom. The van der Waals surface area contributed by atoms with E-state index in [1.165, 1.54) is 15.6 Å². The summed E-state index contributed by atoms with van der Waals surface area (Å²) in [6.45, 7) is 0.964. The number of nitrogens with one attached hydrogen (secondary N) is 1. The quantitative estimate of drug-likeness (QED) is 0.914. The summed E-state index contributed by atoms with van der Waals surface area (Å²) in [5.74, 6) is 0.354. The molecule has 0 aromatic carbocycles. The second kappa shape index (κ2) is 5.46. The van der Waals surface area contributed by atoms with Gasteiger partial charge in [0.15, 0.2) is 0 Å². The lowest BCUT2D eigenvalue weighted by Crippen LogP contribution is -2.46. The van der Waals surface area contributed by atoms with Crippen molar-refractivity contribution in [3.63, 3.8) is 0 Å². The van der Waals surface area contributed by atoms with Crippen LogP contribution in [0.25, 0.3) is 0 Å². The molecule has 2 aliphatic rings. The molecule has 0 spiro atoms. The zero-order valence-corrected chi connectivity index (χ0v) is 12.8. The summed E-state index contributed by atoms with van der Waals surface area (Å²) in [5, 5.41) is 4.80. The fourth-order valence-electron chi connectivity index (χ4n) is 2.44. The van der Waals surface area contributed by atoms with Gasteiger partial charge < -0.3 is 5.32 Å². The number of sulfonamides is 1. The van der Waals surface area contributed by atoms with E-state index < -0.39 is 10.0 Å². The normalized spacial score (nSPS) is 21.8. The van der Waals surface area contributed by atoms with Crippen LogP contribution in [-0.2, 0) is 14.8 Å². The first-order valence-corrected chi connectivity index (χ1v) is 9.23. The highest BCUT2D eigenvalue weighted by Crippen LogP contribution is 2.29. The first-order chi connectivity index (χ1) is 9.57. The molecular formula is C13H18N2O3S2. The zero-order valence-electron chi connectivity index (χ0n) is 11.1. The van der Waals surface area contributed by atoms with Crippen molar-refractivity contribution in [2.75, 3.05) is 13.1 Å². The monoisotopic (exact) mass is 314 g/mol. The van der Waals surface area contributed by atoms with Crippen LogP contribution in [0, 0.1) is 5.92 Å². The molecule has 7 heteroatoms. The van der Waals surface area contributed by atoms with Crippen LogP contribution in [0.5, 0.6) is 0 Å². The lowest BCUT2D eigenvalue weighted by atomic mass is 10.1. The van der Waals surface area contributed by atoms with Gasteiger partial charge in [0, 0.05) is 25.0 Å². The van der Waals surface area contributed by atoms with Gasteiger partial charge in [-0.05, 0) is 37.1 Å². The molecule has 0 atom stereocenters. The van der Waals surface area contributed by atoms with Crippen LogP contribution in [0.4, 0.5) is 0 Å². The molecule has 1 saturated carbocycles. The second-order valence-electron chi connectivity index (χ2n) is 5.39. The SMILES string of the molecule is O=C(NC1CCN(S(=O)(=O)c2cccs2)CC1)C1CC1. The Balaban J connectivity index is 1.57. The Kier molecular flexibility index (Phi) is 3.83. The van der Waals surface area contributed by atoms with Crippen molar-refractivity contribution >= 4 is 27.3 Å². The van der Waals surface area contributed by atoms with Gasteiger partial charge >= 0.3 is 0 Å². The van der Waals surface area contributed by atoms with Crippen LogP contribution in [0.1, 0.15) is 25.7 Å². The molecule has 3 rings (SSSR count). The molecule has 0 radical (unpaired) electrons. The van der Waals surface area contributed by atoms with Gasteiger partial charge in [-0.25, -0.2) is 8.42 Å². The summed E-state index contributed by atoms with van der Waals surface area (Å²) in [5.41, 5.74) is 0. The van der Waals surface area contributed by atoms with Gasteiger partial charge in [0.05, 0.1) is 0 Å². The van der Waals surface area contributed by atoms with Crippen molar-refractivity contribution < 1.29 is 13.2 Å². The minimum Gasteiger partial charge on any atom is -0.353 e. The van der Waals surface area contributed by atoms with Crippen molar-refractivity contribution in [1.29, 1.82) is 0 Å². The summed E-state index contributed by atoms with van der Waals surface area (Å²) in [7, 11) is -3.34. The maximum absolute atomic E-state index is 12.3. The summed E-state index contributed by atoms with van der Waals surface area (Å²) in [6.07, 6.45) is 3.39. The van der Waals surface area contributed by atoms with E-state index in [2.05, 4.69) is 5.32 Å². The number of amides is 1. The Morgan fingerprint density at radius 2 is 1.95 bits per heavy atom. The van der Waals surface area contributed by atoms with E-state index in [1.54, 1.807) is 17.5 Å². The number of nitrogens with zero attached hydrogens (tertiary/aromatic N) is 1. The third kappa shape index (κ3) is 2.89. The van der Waals surface area contributed by atoms with Gasteiger partial charge in [-0.15, -0.1) is 11.3 Å². The largest absolute Gasteiger partial charge is 0.353 e. The molecule has 1 aliphatic carbocycles. The highest BCUT2D eigenvalue weighted by molar-refractivity contribution is 7.91. The van der Waals surface area contributed by atoms with Crippen LogP contribution in [0.15, 0.2) is 21.7 Å². The number of carbonyl (C=O) groups is 1. The average molecular weight is 314 g/mol. The van der Waals surface area contributed by atoms with Gasteiger partial charge in [0.2, 0.25) is 5.91 Å². The number of piperidine rings is 1. The minimum absolute atomic E-state index is 0.123. The van der Waals surface area contributed by atoms with E-state index in [1.807, 2.05) is 0 Å². The molecular weight excluding hydrogens is 296 g/mol. The van der Waals surface area contributed by atoms with Crippen molar-refractivity contribution in [3.05, 3.63) is 17.5 Å². The maximum Gasteiger partial charge on any atom is 0.252 e. The predicted molar refractivity (Wildman–Crippen MR) is 77.0 cm³/mol. The molecule has 1 aromatic rings. The van der Waals surface area contributed by atoms with Gasteiger partial charge in [0.1, 0.15) is 4.21 Å². The molecule has 0 bridgehead atoms. The Morgan fingerprint density at radius 1 is 1.25 bits per heavy atom. The first kappa shape index (κ1) is 14.0. The second-order valence-corrected chi connectivity index (χ2v) is 8.51. The van der Waals surface area contributed by atoms with Gasteiger partial charge in [-0.1, -0.05) is 6.07 Å². The number of thiophene rings is 1. The van der Waals surface area contributed by atoms with Crippen LogP contribution in [0.2, 0.25) is 0 Å².